The fraction of sp³-hybridized carbons (Fsp3) is 0.444. The molecule has 0 atom stereocenters. The Morgan fingerprint density at radius 1 is 1.21 bits per heavy atom. The van der Waals surface area contributed by atoms with Crippen molar-refractivity contribution in [2.45, 2.75) is 32.8 Å². The number of pyridine rings is 1. The normalized spacial score (nSPS) is 11.2. The monoisotopic (exact) mass is 331 g/mol. The highest BCUT2D eigenvalue weighted by Gasteiger charge is 2.15. The van der Waals surface area contributed by atoms with Crippen molar-refractivity contribution in [1.82, 2.24) is 10.3 Å². The lowest BCUT2D eigenvalue weighted by Gasteiger charge is -2.19. The Bertz CT molecular complexity index is 695. The van der Waals surface area contributed by atoms with Gasteiger partial charge in [0.2, 0.25) is 0 Å². The molecule has 130 valence electrons. The van der Waals surface area contributed by atoms with Gasteiger partial charge in [0.05, 0.1) is 12.6 Å². The van der Waals surface area contributed by atoms with Gasteiger partial charge in [-0.2, -0.15) is 0 Å². The largest absolute Gasteiger partial charge is 0.496 e. The van der Waals surface area contributed by atoms with E-state index in [0.717, 1.165) is 28.9 Å². The Morgan fingerprint density at radius 3 is 2.67 bits per heavy atom. The van der Waals surface area contributed by atoms with Gasteiger partial charge in [0.15, 0.2) is 0 Å². The van der Waals surface area contributed by atoms with Crippen molar-refractivity contribution in [2.75, 3.05) is 25.5 Å². The number of hydrogen-bond donors (Lipinski definition) is 2. The topological polar surface area (TPSA) is 72.5 Å². The molecule has 0 fully saturated rings. The molecule has 0 aliphatic rings. The molecule has 0 aliphatic carbocycles. The predicted molar refractivity (Wildman–Crippen MR) is 95.6 cm³/mol. The van der Waals surface area contributed by atoms with Gasteiger partial charge in [-0.25, -0.2) is 9.78 Å². The first-order chi connectivity index (χ1) is 11.4. The summed E-state index contributed by atoms with van der Waals surface area (Å²) in [4.78, 5) is 16.1. The molecule has 6 nitrogen and oxygen atoms in total. The number of amides is 1. The van der Waals surface area contributed by atoms with Crippen LogP contribution in [0.5, 0.6) is 5.75 Å². The number of anilines is 1. The molecular formula is C18H25N3O3. The van der Waals surface area contributed by atoms with E-state index in [2.05, 4.69) is 15.6 Å². The van der Waals surface area contributed by atoms with E-state index < -0.39 is 11.7 Å². The summed E-state index contributed by atoms with van der Waals surface area (Å²) in [7, 11) is 1.65. The Labute approximate surface area is 142 Å². The van der Waals surface area contributed by atoms with Gasteiger partial charge in [0.1, 0.15) is 17.2 Å². The van der Waals surface area contributed by atoms with E-state index in [1.165, 1.54) is 0 Å². The summed E-state index contributed by atoms with van der Waals surface area (Å²) in [5.41, 5.74) is 0.402. The summed E-state index contributed by atoms with van der Waals surface area (Å²) >= 11 is 0. The molecular weight excluding hydrogens is 306 g/mol. The van der Waals surface area contributed by atoms with Crippen LogP contribution in [0.15, 0.2) is 30.3 Å². The summed E-state index contributed by atoms with van der Waals surface area (Å²) < 4.78 is 10.6. The SMILES string of the molecule is COc1cc(NCCCNC(=O)OC(C)(C)C)nc2ccccc12. The first-order valence-corrected chi connectivity index (χ1v) is 8.03. The zero-order valence-electron chi connectivity index (χ0n) is 14.7. The highest BCUT2D eigenvalue weighted by atomic mass is 16.6. The summed E-state index contributed by atoms with van der Waals surface area (Å²) in [5, 5.41) is 6.97. The van der Waals surface area contributed by atoms with Crippen molar-refractivity contribution in [3.63, 3.8) is 0 Å². The lowest BCUT2D eigenvalue weighted by atomic mass is 10.2. The number of alkyl carbamates (subject to hydrolysis) is 1. The number of rotatable bonds is 6. The third-order valence-corrected chi connectivity index (χ3v) is 3.23. The van der Waals surface area contributed by atoms with Crippen LogP contribution in [0.25, 0.3) is 10.9 Å². The zero-order valence-corrected chi connectivity index (χ0v) is 14.7. The highest BCUT2D eigenvalue weighted by molar-refractivity contribution is 5.86. The summed E-state index contributed by atoms with van der Waals surface area (Å²) in [6.07, 6.45) is 0.365. The lowest BCUT2D eigenvalue weighted by molar-refractivity contribution is 0.0528. The minimum Gasteiger partial charge on any atom is -0.496 e. The molecule has 0 unspecified atom stereocenters. The fourth-order valence-electron chi connectivity index (χ4n) is 2.21. The number of methoxy groups -OCH3 is 1. The quantitative estimate of drug-likeness (QED) is 0.792. The Morgan fingerprint density at radius 2 is 1.96 bits per heavy atom. The molecule has 0 saturated heterocycles. The van der Waals surface area contributed by atoms with Crippen LogP contribution in [0.2, 0.25) is 0 Å². The molecule has 2 rings (SSSR count). The van der Waals surface area contributed by atoms with Gasteiger partial charge in [-0.1, -0.05) is 12.1 Å². The van der Waals surface area contributed by atoms with Crippen LogP contribution in [0.4, 0.5) is 10.6 Å². The van der Waals surface area contributed by atoms with Gasteiger partial charge in [-0.05, 0) is 39.3 Å². The Kier molecular flexibility index (Phi) is 5.84. The molecule has 0 aliphatic heterocycles. The molecule has 0 bridgehead atoms. The van der Waals surface area contributed by atoms with Crippen LogP contribution in [-0.2, 0) is 4.74 Å². The van der Waals surface area contributed by atoms with Gasteiger partial charge < -0.3 is 20.1 Å². The Hall–Kier alpha value is -2.50. The highest BCUT2D eigenvalue weighted by Crippen LogP contribution is 2.26. The van der Waals surface area contributed by atoms with Crippen molar-refractivity contribution in [1.29, 1.82) is 0 Å². The zero-order chi connectivity index (χ0) is 17.6. The number of hydrogen-bond acceptors (Lipinski definition) is 5. The number of nitrogens with zero attached hydrogens (tertiary/aromatic N) is 1. The molecule has 1 amide bonds. The minimum atomic E-state index is -0.478. The molecule has 0 spiro atoms. The minimum absolute atomic E-state index is 0.395. The first kappa shape index (κ1) is 17.8. The summed E-state index contributed by atoms with van der Waals surface area (Å²) in [6, 6.07) is 9.72. The molecule has 1 heterocycles. The second-order valence-corrected chi connectivity index (χ2v) is 6.44. The van der Waals surface area contributed by atoms with Crippen LogP contribution in [0.1, 0.15) is 27.2 Å². The van der Waals surface area contributed by atoms with E-state index in [0.29, 0.717) is 13.1 Å². The standard InChI is InChI=1S/C18H25N3O3/c1-18(2,3)24-17(22)20-11-7-10-19-16-12-15(23-4)13-8-5-6-9-14(13)21-16/h5-6,8-9,12H,7,10-11H2,1-4H3,(H,19,21)(H,20,22). The van der Waals surface area contributed by atoms with Gasteiger partial charge in [0.25, 0.3) is 0 Å². The summed E-state index contributed by atoms with van der Waals surface area (Å²) in [5.74, 6) is 1.54. The van der Waals surface area contributed by atoms with Gasteiger partial charge >= 0.3 is 6.09 Å². The van der Waals surface area contributed by atoms with Gasteiger partial charge in [-0.3, -0.25) is 0 Å². The van der Waals surface area contributed by atoms with Crippen molar-refractivity contribution < 1.29 is 14.3 Å². The van der Waals surface area contributed by atoms with Gasteiger partial charge in [-0.15, -0.1) is 0 Å². The van der Waals surface area contributed by atoms with Crippen LogP contribution in [0.3, 0.4) is 0 Å². The molecule has 24 heavy (non-hydrogen) atoms. The molecule has 6 heteroatoms. The maximum Gasteiger partial charge on any atom is 0.407 e. The molecule has 1 aromatic carbocycles. The fourth-order valence-corrected chi connectivity index (χ4v) is 2.21. The lowest BCUT2D eigenvalue weighted by Crippen LogP contribution is -2.33. The third-order valence-electron chi connectivity index (χ3n) is 3.23. The van der Waals surface area contributed by atoms with E-state index in [1.54, 1.807) is 7.11 Å². The van der Waals surface area contributed by atoms with Crippen molar-refractivity contribution in [3.05, 3.63) is 30.3 Å². The number of ether oxygens (including phenoxy) is 2. The van der Waals surface area contributed by atoms with Crippen molar-refractivity contribution in [2.24, 2.45) is 0 Å². The first-order valence-electron chi connectivity index (χ1n) is 8.03. The van der Waals surface area contributed by atoms with E-state index in [1.807, 2.05) is 51.1 Å². The predicted octanol–water partition coefficient (Wildman–Crippen LogP) is 3.57. The second kappa shape index (κ2) is 7.86. The third kappa shape index (κ3) is 5.30. The average molecular weight is 331 g/mol. The number of fused-ring (bicyclic) bond motifs is 1. The Balaban J connectivity index is 1.83. The van der Waals surface area contributed by atoms with E-state index in [9.17, 15) is 4.79 Å². The number of aromatic nitrogens is 1. The van der Waals surface area contributed by atoms with Crippen LogP contribution in [-0.4, -0.2) is 36.9 Å². The number of nitrogens with one attached hydrogen (secondary N) is 2. The molecule has 0 saturated carbocycles. The molecule has 1 aromatic heterocycles. The smallest absolute Gasteiger partial charge is 0.407 e. The summed E-state index contributed by atoms with van der Waals surface area (Å²) in [6.45, 7) is 6.74. The van der Waals surface area contributed by atoms with Crippen molar-refractivity contribution >= 4 is 22.8 Å². The number of carbonyl (C=O) groups is 1. The second-order valence-electron chi connectivity index (χ2n) is 6.44. The average Bonchev–Trinajstić information content (AvgIpc) is 2.52. The number of benzene rings is 1. The maximum atomic E-state index is 11.5. The van der Waals surface area contributed by atoms with E-state index in [-0.39, 0.29) is 0 Å². The van der Waals surface area contributed by atoms with Crippen molar-refractivity contribution in [3.8, 4) is 5.75 Å². The number of para-hydroxylation sites is 1. The van der Waals surface area contributed by atoms with Crippen LogP contribution in [0, 0.1) is 0 Å². The van der Waals surface area contributed by atoms with Crippen LogP contribution >= 0.6 is 0 Å². The van der Waals surface area contributed by atoms with Gasteiger partial charge in [0, 0.05) is 24.5 Å². The molecule has 2 N–H and O–H groups in total. The maximum absolute atomic E-state index is 11.5. The number of carbonyl (C=O) groups excluding carboxylic acids is 1. The van der Waals surface area contributed by atoms with Crippen LogP contribution < -0.4 is 15.4 Å². The van der Waals surface area contributed by atoms with E-state index >= 15 is 0 Å². The molecule has 2 aromatic rings. The molecule has 0 radical (unpaired) electrons. The van der Waals surface area contributed by atoms with E-state index in [4.69, 9.17) is 9.47 Å².